The summed E-state index contributed by atoms with van der Waals surface area (Å²) in [7, 11) is 3.78. The minimum Gasteiger partial charge on any atom is -0.506 e. The van der Waals surface area contributed by atoms with Crippen molar-refractivity contribution in [2.75, 3.05) is 5.88 Å². The Balaban J connectivity index is 0.000000101. The second-order valence-electron chi connectivity index (χ2n) is 34.3. The zero-order valence-electron chi connectivity index (χ0n) is 71.7. The molecule has 15 heterocycles. The van der Waals surface area contributed by atoms with E-state index in [-0.39, 0.29) is 50.4 Å². The number of pyridine rings is 5. The van der Waals surface area contributed by atoms with E-state index in [1.54, 1.807) is 17.1 Å². The minimum absolute atomic E-state index is 0.0221. The molecule has 0 unspecified atom stereocenters. The number of phenols is 1. The summed E-state index contributed by atoms with van der Waals surface area (Å²) in [5, 5.41) is 76.9. The maximum Gasteiger partial charge on any atom is 0.433 e. The monoisotopic (exact) mass is 1860 g/mol. The van der Waals surface area contributed by atoms with Gasteiger partial charge in [-0.2, -0.15) is 104 Å². The highest BCUT2D eigenvalue weighted by molar-refractivity contribution is 6.18. The van der Waals surface area contributed by atoms with Gasteiger partial charge in [0.25, 0.3) is 0 Å². The van der Waals surface area contributed by atoms with E-state index in [1.807, 2.05) is 83.4 Å². The number of hydrogen-bond acceptors (Lipinski definition) is 16. The molecule has 0 atom stereocenters. The Kier molecular flexibility index (Phi) is 21.6. The predicted octanol–water partition coefficient (Wildman–Crippen LogP) is 21.9. The van der Waals surface area contributed by atoms with Crippen LogP contribution in [0.25, 0.3) is 165 Å². The van der Waals surface area contributed by atoms with Gasteiger partial charge in [-0.15, -0.1) is 11.6 Å². The van der Waals surface area contributed by atoms with E-state index in [9.17, 15) is 62.2 Å². The number of halogens is 14. The first-order valence-electron chi connectivity index (χ1n) is 43.9. The van der Waals surface area contributed by atoms with Crippen molar-refractivity contribution in [2.45, 2.75) is 167 Å². The van der Waals surface area contributed by atoms with Crippen molar-refractivity contribution < 1.29 is 62.2 Å². The van der Waals surface area contributed by atoms with Crippen LogP contribution in [-0.4, -0.2) is 137 Å². The van der Waals surface area contributed by atoms with Gasteiger partial charge in [0, 0.05) is 103 Å². The molecular weight excluding hydrogens is 1780 g/mol. The van der Waals surface area contributed by atoms with E-state index in [0.29, 0.717) is 89.8 Å². The summed E-state index contributed by atoms with van der Waals surface area (Å²) in [5.41, 5.74) is 17.6. The lowest BCUT2D eigenvalue weighted by atomic mass is 9.85. The largest absolute Gasteiger partial charge is 0.506 e. The van der Waals surface area contributed by atoms with Crippen LogP contribution < -0.4 is 0 Å². The Morgan fingerprint density at radius 3 is 1.20 bits per heavy atom. The smallest absolute Gasteiger partial charge is 0.433 e. The summed E-state index contributed by atoms with van der Waals surface area (Å²) < 4.78 is 181. The third kappa shape index (κ3) is 15.0. The van der Waals surface area contributed by atoms with E-state index in [2.05, 4.69) is 110 Å². The topological polar surface area (TPSA) is 339 Å². The van der Waals surface area contributed by atoms with Crippen LogP contribution in [0.4, 0.5) is 57.1 Å². The number of aryl methyl sites for hydroxylation is 9. The molecule has 0 saturated carbocycles. The molecular formula is C94H79ClF13N25O. The summed E-state index contributed by atoms with van der Waals surface area (Å²) in [6.07, 6.45) is 15.2. The van der Waals surface area contributed by atoms with Gasteiger partial charge in [0.2, 0.25) is 0 Å². The number of nitrogens with zero attached hydrogens (tertiary/aromatic N) is 18. The first-order valence-corrected chi connectivity index (χ1v) is 44.4. The van der Waals surface area contributed by atoms with Gasteiger partial charge in [0.15, 0.2) is 5.82 Å². The molecule has 25 rings (SSSR count). The minimum atomic E-state index is -4.60. The number of rotatable bonds is 7. The standard InChI is InChI=1S/C20H18F3N5.C19H18ClN5.C19H16F3N5.C18H13F4N5.C18H14F3N5O/c1-10-16-15(27-28(10)2)8-7-14-17(16)11-5-3-4-6-12(11)18(25-14)13-9-24-26-19(13)20(21,22)23;20-7-8-25-11-12(9-22-25)19-14-4-2-1-3-13(14)18-15-10-21-24-16(15)5-6-17(18)23-19;1-27-15-7-6-14-16(12(15)9-24-27)10-4-2-3-5-11(10)17(25-14)13-8-23-26-18(13)19(20,21)22;19-12-5-13-10(6-23-26-13)14-8-3-1-2-4-9(8)15(25-16(12)14)11-7-24-27-17(11)18(20,21)22;19-18(20,21)17-11(7-23-26-17)15-9-4-2-1-3-8(9)14-10-6-22-25-12(10)5-13(27)16(14)24-15/h7-9H,3-6H2,1-2H3,(H,24,26);5-6,9-11H,1-4,7-8H2,(H,21,24);6-9H,2-5H2,1H3,(H,23,26);5-7H,1-4H2,(H,23,26)(H,24,27);5-7,27H,1-4H2,(H,22,25)(H,23,26). The fourth-order valence-corrected chi connectivity index (χ4v) is 20.7. The highest BCUT2D eigenvalue weighted by atomic mass is 35.5. The Hall–Kier alpha value is -14.3. The SMILES string of the molecule is Cc1c2c(ccc3nc(-c4cn[nH]c4C(F)(F)F)c4c(c32)CCCC4)nn1C.ClCCn1cc(-c2nc3ccc4[nH]ncc4c3c3c2CCCC3)cn1.Cn1ncc2c3c4c(c(-c5cn[nH]c5C(F)(F)F)nc3ccc21)CCCC4.Fc1cc2[nH]ncc2c2c3c(c(-c4cn[nH]c4C(F)(F)F)nc12)CCCC3.Oc1cc2[nH]ncc2c2c3c(c(-c4cn[nH]c4C(F)(F)F)nc12)CCCC3. The third-order valence-corrected chi connectivity index (χ3v) is 26.7. The zero-order chi connectivity index (χ0) is 92.7. The highest BCUT2D eigenvalue weighted by Gasteiger charge is 2.43. The van der Waals surface area contributed by atoms with Gasteiger partial charge in [-0.25, -0.2) is 29.3 Å². The van der Waals surface area contributed by atoms with E-state index in [4.69, 9.17) is 21.6 Å². The molecule has 8 N–H and O–H groups in total. The van der Waals surface area contributed by atoms with Crippen LogP contribution >= 0.6 is 11.6 Å². The third-order valence-electron chi connectivity index (χ3n) is 26.5. The van der Waals surface area contributed by atoms with Crippen LogP contribution in [0, 0.1) is 12.7 Å². The molecule has 0 radical (unpaired) electrons. The van der Waals surface area contributed by atoms with Crippen molar-refractivity contribution in [3.63, 3.8) is 0 Å². The van der Waals surface area contributed by atoms with E-state index in [0.717, 1.165) is 211 Å². The summed E-state index contributed by atoms with van der Waals surface area (Å²) in [5.74, 6) is -0.120. The van der Waals surface area contributed by atoms with E-state index < -0.39 is 53.3 Å². The number of alkyl halides is 13. The number of phenolic OH excluding ortho intramolecular Hbond substituents is 1. The normalized spacial score (nSPS) is 14.7. The van der Waals surface area contributed by atoms with Crippen molar-refractivity contribution in [2.24, 2.45) is 14.1 Å². The number of hydrogen-bond donors (Lipinski definition) is 8. The Morgan fingerprint density at radius 2 is 0.724 bits per heavy atom. The van der Waals surface area contributed by atoms with Gasteiger partial charge in [-0.3, -0.25) is 49.7 Å². The van der Waals surface area contributed by atoms with Crippen molar-refractivity contribution in [3.05, 3.63) is 200 Å². The van der Waals surface area contributed by atoms with Crippen LogP contribution in [-0.2, 0) is 110 Å². The van der Waals surface area contributed by atoms with Crippen LogP contribution in [0.15, 0.2) is 110 Å². The second kappa shape index (κ2) is 33.5. The molecule has 0 spiro atoms. The quantitative estimate of drug-likeness (QED) is 0.0543. The number of aromatic nitrogens is 25. The number of benzene rings is 5. The van der Waals surface area contributed by atoms with Gasteiger partial charge < -0.3 is 5.11 Å². The highest BCUT2D eigenvalue weighted by Crippen LogP contribution is 2.50. The molecule has 134 heavy (non-hydrogen) atoms. The first kappa shape index (κ1) is 86.4. The molecule has 0 amide bonds. The van der Waals surface area contributed by atoms with Gasteiger partial charge in [-0.05, 0) is 227 Å². The Morgan fingerprint density at radius 1 is 0.358 bits per heavy atom. The Labute approximate surface area is 753 Å². The molecule has 26 nitrogen and oxygen atoms in total. The van der Waals surface area contributed by atoms with Crippen LogP contribution in [0.3, 0.4) is 0 Å². The van der Waals surface area contributed by atoms with Crippen LogP contribution in [0.5, 0.6) is 5.75 Å². The number of aromatic amines is 7. The fraction of sp³-hybridized carbons (Fsp3) is 0.309. The number of fused-ring (bicyclic) bond motifs is 25. The van der Waals surface area contributed by atoms with Crippen molar-refractivity contribution in [3.8, 4) is 62.0 Å². The Bertz CT molecular complexity index is 7860. The van der Waals surface area contributed by atoms with E-state index >= 15 is 0 Å². The molecule has 5 aliphatic rings. The molecule has 20 aromatic rings. The maximum absolute atomic E-state index is 14.8. The molecule has 0 saturated heterocycles. The number of nitrogens with one attached hydrogen (secondary N) is 7. The average molecular weight is 1860 g/mol. The molecule has 5 aromatic carbocycles. The predicted molar refractivity (Wildman–Crippen MR) is 478 cm³/mol. The molecule has 0 aliphatic heterocycles. The lowest BCUT2D eigenvalue weighted by Crippen LogP contribution is -2.12. The van der Waals surface area contributed by atoms with Gasteiger partial charge in [0.1, 0.15) is 39.6 Å². The summed E-state index contributed by atoms with van der Waals surface area (Å²) in [6.45, 7) is 2.72. The van der Waals surface area contributed by atoms with Gasteiger partial charge in [-0.1, -0.05) is 0 Å². The van der Waals surface area contributed by atoms with Crippen molar-refractivity contribution in [1.29, 1.82) is 0 Å². The van der Waals surface area contributed by atoms with Crippen molar-refractivity contribution >= 4 is 121 Å². The molecule has 40 heteroatoms. The van der Waals surface area contributed by atoms with Gasteiger partial charge >= 0.3 is 24.7 Å². The molecule has 684 valence electrons. The van der Waals surface area contributed by atoms with Gasteiger partial charge in [0.05, 0.1) is 157 Å². The number of aromatic hydroxyl groups is 1. The second-order valence-corrected chi connectivity index (χ2v) is 34.7. The molecule has 0 bridgehead atoms. The summed E-state index contributed by atoms with van der Waals surface area (Å²) in [6, 6.07) is 14.5. The lowest BCUT2D eigenvalue weighted by molar-refractivity contribution is -0.141. The molecule has 5 aliphatic carbocycles. The van der Waals surface area contributed by atoms with E-state index in [1.165, 1.54) is 59.3 Å². The molecule has 0 fully saturated rings. The van der Waals surface area contributed by atoms with Crippen molar-refractivity contribution in [1.82, 2.24) is 126 Å². The first-order chi connectivity index (χ1) is 64.6. The zero-order valence-corrected chi connectivity index (χ0v) is 72.5. The molecule has 15 aromatic heterocycles. The van der Waals surface area contributed by atoms with Crippen LogP contribution in [0.2, 0.25) is 0 Å². The summed E-state index contributed by atoms with van der Waals surface area (Å²) in [4.78, 5) is 23.3. The lowest BCUT2D eigenvalue weighted by Gasteiger charge is -2.22. The fourth-order valence-electron chi connectivity index (χ4n) is 20.5. The average Bonchev–Trinajstić information content (AvgIpc) is 1.73. The maximum atomic E-state index is 14.8. The summed E-state index contributed by atoms with van der Waals surface area (Å²) >= 11 is 5.84. The number of H-pyrrole nitrogens is 7. The van der Waals surface area contributed by atoms with Crippen LogP contribution in [0.1, 0.15) is 148 Å².